The molecule has 4 heterocycles. The molecule has 1 fully saturated rings. The van der Waals surface area contributed by atoms with Crippen molar-refractivity contribution in [3.8, 4) is 0 Å². The maximum absolute atomic E-state index is 12.8. The normalized spacial score (nSPS) is 19.4. The maximum atomic E-state index is 12.8. The fourth-order valence-corrected chi connectivity index (χ4v) is 6.14. The van der Waals surface area contributed by atoms with Crippen molar-refractivity contribution in [3.05, 3.63) is 46.5 Å². The molecule has 12 nitrogen and oxygen atoms in total. The summed E-state index contributed by atoms with van der Waals surface area (Å²) in [6.07, 6.45) is 1.37. The molecular formula is C19H18KN5O7S3. The Morgan fingerprint density at radius 2 is 2.23 bits per heavy atom. The van der Waals surface area contributed by atoms with E-state index in [0.717, 1.165) is 28.0 Å². The second kappa shape index (κ2) is 12.0. The van der Waals surface area contributed by atoms with Gasteiger partial charge >= 0.3 is 57.4 Å². The Kier molecular flexibility index (Phi) is 9.61. The summed E-state index contributed by atoms with van der Waals surface area (Å²) >= 11 is 3.29. The summed E-state index contributed by atoms with van der Waals surface area (Å²) in [5.41, 5.74) is 5.89. The third-order valence-corrected chi connectivity index (χ3v) is 7.77. The van der Waals surface area contributed by atoms with E-state index in [2.05, 4.69) is 15.5 Å². The molecule has 0 aliphatic carbocycles. The quantitative estimate of drug-likeness (QED) is 0.174. The number of nitrogens with one attached hydrogen (secondary N) is 1. The molecule has 4 rings (SSSR count). The Morgan fingerprint density at radius 1 is 1.46 bits per heavy atom. The van der Waals surface area contributed by atoms with E-state index in [0.29, 0.717) is 5.57 Å². The number of carboxylic acids is 1. The van der Waals surface area contributed by atoms with Crippen LogP contribution < -0.4 is 11.1 Å². The van der Waals surface area contributed by atoms with E-state index in [1.807, 2.05) is 0 Å². The van der Waals surface area contributed by atoms with Gasteiger partial charge in [-0.05, 0) is 17.7 Å². The molecule has 2 aliphatic rings. The number of oxime groups is 1. The number of aromatic nitrogens is 1. The van der Waals surface area contributed by atoms with Gasteiger partial charge in [0.2, 0.25) is 0 Å². The number of carboxylic acid groups (broad SMARTS) is 1. The van der Waals surface area contributed by atoms with Gasteiger partial charge < -0.3 is 25.4 Å². The number of aliphatic carboxylic acids is 1. The topological polar surface area (TPSA) is 177 Å². The van der Waals surface area contributed by atoms with Gasteiger partial charge in [-0.2, -0.15) is 0 Å². The summed E-state index contributed by atoms with van der Waals surface area (Å²) in [5.74, 6) is -2.08. The van der Waals surface area contributed by atoms with Crippen molar-refractivity contribution in [2.75, 3.05) is 24.3 Å². The molecule has 0 saturated carbocycles. The van der Waals surface area contributed by atoms with Crippen LogP contribution in [0.5, 0.6) is 0 Å². The minimum atomic E-state index is -1.29. The molecule has 2 aromatic heterocycles. The van der Waals surface area contributed by atoms with Gasteiger partial charge in [0, 0.05) is 16.9 Å². The molecule has 0 bridgehead atoms. The average molecular weight is 564 g/mol. The molecule has 35 heavy (non-hydrogen) atoms. The van der Waals surface area contributed by atoms with E-state index in [1.165, 1.54) is 36.6 Å². The first-order chi connectivity index (χ1) is 16.3. The van der Waals surface area contributed by atoms with Crippen LogP contribution in [0.15, 0.2) is 44.6 Å². The summed E-state index contributed by atoms with van der Waals surface area (Å²) in [7, 11) is 1.26. The number of nitrogens with zero attached hydrogens (tertiary/aromatic N) is 3. The van der Waals surface area contributed by atoms with E-state index >= 15 is 0 Å². The summed E-state index contributed by atoms with van der Waals surface area (Å²) in [6, 6.07) is 2.13. The van der Waals surface area contributed by atoms with Crippen LogP contribution >= 0.6 is 34.9 Å². The van der Waals surface area contributed by atoms with Gasteiger partial charge in [-0.15, -0.1) is 23.1 Å². The zero-order valence-electron chi connectivity index (χ0n) is 17.4. The van der Waals surface area contributed by atoms with Gasteiger partial charge in [-0.3, -0.25) is 19.3 Å². The molecule has 0 aromatic carbocycles. The van der Waals surface area contributed by atoms with Crippen LogP contribution in [-0.2, 0) is 19.2 Å². The molecule has 0 unspecified atom stereocenters. The van der Waals surface area contributed by atoms with E-state index < -0.39 is 29.2 Å². The second-order valence-electron chi connectivity index (χ2n) is 6.87. The number of nitrogen functional groups attached to an aromatic ring is 1. The van der Waals surface area contributed by atoms with Crippen LogP contribution in [0.1, 0.15) is 16.2 Å². The number of nitrogens with two attached hydrogens (primary N) is 1. The zero-order valence-corrected chi connectivity index (χ0v) is 19.9. The number of hydrogen-bond acceptors (Lipinski definition) is 12. The molecular weight excluding hydrogens is 546 g/mol. The number of fused-ring (bicyclic) bond motifs is 1. The number of carbonyl (C=O) groups is 4. The van der Waals surface area contributed by atoms with E-state index in [1.54, 1.807) is 6.07 Å². The third kappa shape index (κ3) is 5.85. The third-order valence-electron chi connectivity index (χ3n) is 4.80. The molecule has 0 radical (unpaired) electrons. The molecule has 180 valence electrons. The molecule has 1 saturated heterocycles. The SMILES string of the molecule is CON=C(C(=O)N[C@@H]1C(=O)N2C(C(=O)O)=C(CSC(=O)c3ccco3)CS[C@H]12)c1csc(N)n1.[KH]. The van der Waals surface area contributed by atoms with Crippen LogP contribution in [0.3, 0.4) is 0 Å². The summed E-state index contributed by atoms with van der Waals surface area (Å²) in [6.45, 7) is 0. The predicted octanol–water partition coefficient (Wildman–Crippen LogP) is 0.332. The Labute approximate surface area is 253 Å². The van der Waals surface area contributed by atoms with Gasteiger partial charge in [-0.25, -0.2) is 9.78 Å². The second-order valence-corrected chi connectivity index (χ2v) is 9.81. The fourth-order valence-electron chi connectivity index (χ4n) is 3.31. The van der Waals surface area contributed by atoms with Gasteiger partial charge in [0.05, 0.1) is 6.26 Å². The summed E-state index contributed by atoms with van der Waals surface area (Å²) in [5, 5.41) is 16.8. The fraction of sp³-hybridized carbons (Fsp3) is 0.263. The molecule has 16 heteroatoms. The number of thioether (sulfide) groups is 2. The number of carbonyl (C=O) groups excluding carboxylic acids is 3. The number of rotatable bonds is 8. The van der Waals surface area contributed by atoms with Crippen LogP contribution in [0, 0.1) is 0 Å². The summed E-state index contributed by atoms with van der Waals surface area (Å²) < 4.78 is 5.05. The number of anilines is 1. The van der Waals surface area contributed by atoms with E-state index in [-0.39, 0.29) is 96.0 Å². The molecule has 2 aromatic rings. The van der Waals surface area contributed by atoms with Gasteiger partial charge in [0.25, 0.3) is 16.9 Å². The van der Waals surface area contributed by atoms with Gasteiger partial charge in [0.1, 0.15) is 29.9 Å². The molecule has 2 atom stereocenters. The molecule has 2 amide bonds. The van der Waals surface area contributed by atoms with Crippen molar-refractivity contribution >= 4 is 120 Å². The predicted molar refractivity (Wildman–Crippen MR) is 132 cm³/mol. The van der Waals surface area contributed by atoms with Crippen molar-refractivity contribution in [3.63, 3.8) is 0 Å². The molecule has 2 aliphatic heterocycles. The van der Waals surface area contributed by atoms with Crippen molar-refractivity contribution < 1.29 is 33.5 Å². The van der Waals surface area contributed by atoms with E-state index in [9.17, 15) is 24.3 Å². The number of hydrogen-bond donors (Lipinski definition) is 3. The monoisotopic (exact) mass is 563 g/mol. The van der Waals surface area contributed by atoms with E-state index in [4.69, 9.17) is 15.0 Å². The number of β-lactam (4-membered cyclic amide) rings is 1. The Balaban J connectivity index is 0.00000342. The molecule has 4 N–H and O–H groups in total. The average Bonchev–Trinajstić information content (AvgIpc) is 3.50. The minimum absolute atomic E-state index is 0. The Bertz CT molecular complexity index is 1210. The molecule has 0 spiro atoms. The first-order valence-electron chi connectivity index (χ1n) is 9.55. The Morgan fingerprint density at radius 3 is 2.83 bits per heavy atom. The van der Waals surface area contributed by atoms with Crippen molar-refractivity contribution in [1.82, 2.24) is 15.2 Å². The van der Waals surface area contributed by atoms with Gasteiger partial charge in [0.15, 0.2) is 16.6 Å². The first kappa shape index (κ1) is 27.9. The van der Waals surface area contributed by atoms with Crippen molar-refractivity contribution in [1.29, 1.82) is 0 Å². The zero-order chi connectivity index (χ0) is 24.4. The van der Waals surface area contributed by atoms with Crippen LogP contribution in [0.25, 0.3) is 0 Å². The standard InChI is InChI=1S/C19H17N5O7S3.K.H/c1-30-23-11(9-7-34-19(20)21-9)14(25)22-12-15(26)24-13(17(27)28)8(5-32-16(12)24)6-33-18(29)10-3-2-4-31-10;;/h2-4,7,12,16H,5-6H2,1H3,(H2,20,21)(H,22,25)(H,27,28);;/t12-,16-;;/m1../s1. The number of furan rings is 1. The Hall–Kier alpha value is -1.66. The number of thiazole rings is 1. The van der Waals surface area contributed by atoms with Crippen LogP contribution in [0.2, 0.25) is 0 Å². The first-order valence-corrected chi connectivity index (χ1v) is 12.5. The van der Waals surface area contributed by atoms with Crippen LogP contribution in [0.4, 0.5) is 5.13 Å². The van der Waals surface area contributed by atoms with Crippen molar-refractivity contribution in [2.24, 2.45) is 5.16 Å². The van der Waals surface area contributed by atoms with Gasteiger partial charge in [-0.1, -0.05) is 16.9 Å². The van der Waals surface area contributed by atoms with Crippen LogP contribution in [-0.4, -0.2) is 125 Å². The number of amides is 2. The summed E-state index contributed by atoms with van der Waals surface area (Å²) in [4.78, 5) is 59.6. The van der Waals surface area contributed by atoms with Crippen molar-refractivity contribution in [2.45, 2.75) is 11.4 Å².